The molecular weight excluding hydrogens is 291 g/mol. The average molecular weight is 327 g/mol. The molecule has 0 unspecified atom stereocenters. The highest BCUT2D eigenvalue weighted by Crippen LogP contribution is 2.51. The number of halogens is 1. The molecule has 0 aromatic heterocycles. The zero-order valence-corrected chi connectivity index (χ0v) is 15.7. The van der Waals surface area contributed by atoms with Crippen LogP contribution in [0.5, 0.6) is 0 Å². The predicted molar refractivity (Wildman–Crippen MR) is 92.5 cm³/mol. The lowest BCUT2D eigenvalue weighted by Crippen LogP contribution is -2.69. The van der Waals surface area contributed by atoms with Crippen LogP contribution in [0.4, 0.5) is 4.39 Å². The van der Waals surface area contributed by atoms with Crippen molar-refractivity contribution in [1.82, 2.24) is 9.80 Å². The molecule has 0 atom stereocenters. The first-order chi connectivity index (χ1) is 10.6. The third-order valence-corrected chi connectivity index (χ3v) is 6.28. The molecule has 2 saturated heterocycles. The summed E-state index contributed by atoms with van der Waals surface area (Å²) in [6.45, 7) is 16.6. The van der Waals surface area contributed by atoms with Crippen molar-refractivity contribution >= 4 is 0 Å². The second-order valence-electron chi connectivity index (χ2n) is 9.84. The van der Waals surface area contributed by atoms with Crippen molar-refractivity contribution in [2.75, 3.05) is 32.8 Å². The quantitative estimate of drug-likeness (QED) is 0.787. The molecule has 1 aliphatic carbocycles. The van der Waals surface area contributed by atoms with E-state index in [0.29, 0.717) is 11.5 Å². The normalized spacial score (nSPS) is 27.9. The van der Waals surface area contributed by atoms with E-state index >= 15 is 0 Å². The van der Waals surface area contributed by atoms with Gasteiger partial charge in [0.2, 0.25) is 0 Å². The molecule has 0 radical (unpaired) electrons. The van der Waals surface area contributed by atoms with E-state index < -0.39 is 6.17 Å². The van der Waals surface area contributed by atoms with E-state index in [9.17, 15) is 4.39 Å². The summed E-state index contributed by atoms with van der Waals surface area (Å²) in [6.07, 6.45) is 3.71. The molecule has 1 saturated carbocycles. The van der Waals surface area contributed by atoms with Gasteiger partial charge in [-0.3, -0.25) is 9.80 Å². The molecule has 0 aromatic carbocycles. The molecule has 3 rings (SSSR count). The van der Waals surface area contributed by atoms with Gasteiger partial charge in [-0.1, -0.05) is 0 Å². The largest absolute Gasteiger partial charge is 0.376 e. The van der Waals surface area contributed by atoms with Gasteiger partial charge in [0, 0.05) is 42.7 Å². The minimum Gasteiger partial charge on any atom is -0.376 e. The van der Waals surface area contributed by atoms with Crippen molar-refractivity contribution in [3.05, 3.63) is 0 Å². The fourth-order valence-corrected chi connectivity index (χ4v) is 4.44. The maximum absolute atomic E-state index is 13.1. The third-order valence-electron chi connectivity index (χ3n) is 6.28. The maximum atomic E-state index is 13.1. The highest BCUT2D eigenvalue weighted by Gasteiger charge is 2.55. The van der Waals surface area contributed by atoms with E-state index in [0.717, 1.165) is 58.5 Å². The Bertz CT molecular complexity index is 410. The fourth-order valence-electron chi connectivity index (χ4n) is 4.44. The minimum atomic E-state index is -0.537. The third kappa shape index (κ3) is 3.74. The van der Waals surface area contributed by atoms with Crippen LogP contribution in [0.2, 0.25) is 0 Å². The van der Waals surface area contributed by atoms with Gasteiger partial charge in [-0.05, 0) is 60.3 Å². The van der Waals surface area contributed by atoms with Gasteiger partial charge in [0.15, 0.2) is 0 Å². The van der Waals surface area contributed by atoms with Gasteiger partial charge in [-0.25, -0.2) is 4.39 Å². The summed E-state index contributed by atoms with van der Waals surface area (Å²) in [5.74, 6) is 0. The van der Waals surface area contributed by atoms with Gasteiger partial charge in [0.1, 0.15) is 6.17 Å². The van der Waals surface area contributed by atoms with Crippen molar-refractivity contribution in [1.29, 1.82) is 0 Å². The highest BCUT2D eigenvalue weighted by atomic mass is 19.1. The first kappa shape index (κ1) is 17.6. The predicted octanol–water partition coefficient (Wildman–Crippen LogP) is 3.48. The molecule has 0 bridgehead atoms. The number of hydrogen-bond acceptors (Lipinski definition) is 3. The Morgan fingerprint density at radius 2 is 1.57 bits per heavy atom. The van der Waals surface area contributed by atoms with Gasteiger partial charge in [0.25, 0.3) is 0 Å². The number of ether oxygens (including phenoxy) is 1. The standard InChI is InChI=1S/C19H35FN2O/c1-17(2,3)21-8-6-16(7-9-21)23-14-18(4,5)22-12-19(13-22)10-15(20)11-19/h15-16H,6-14H2,1-5H3. The number of piperidine rings is 1. The van der Waals surface area contributed by atoms with Crippen LogP contribution in [0.3, 0.4) is 0 Å². The van der Waals surface area contributed by atoms with Gasteiger partial charge < -0.3 is 4.74 Å². The summed E-state index contributed by atoms with van der Waals surface area (Å²) in [5.41, 5.74) is 0.662. The molecule has 2 aliphatic heterocycles. The first-order valence-electron chi connectivity index (χ1n) is 9.36. The monoisotopic (exact) mass is 326 g/mol. The summed E-state index contributed by atoms with van der Waals surface area (Å²) in [4.78, 5) is 5.05. The van der Waals surface area contributed by atoms with Crippen LogP contribution in [0, 0.1) is 5.41 Å². The van der Waals surface area contributed by atoms with Crippen molar-refractivity contribution in [2.24, 2.45) is 5.41 Å². The van der Waals surface area contributed by atoms with Crippen molar-refractivity contribution in [3.63, 3.8) is 0 Å². The molecule has 4 heteroatoms. The Kier molecular flexibility index (Phi) is 4.57. The van der Waals surface area contributed by atoms with Crippen LogP contribution in [-0.2, 0) is 4.74 Å². The van der Waals surface area contributed by atoms with E-state index in [-0.39, 0.29) is 11.1 Å². The summed E-state index contributed by atoms with van der Waals surface area (Å²) < 4.78 is 19.4. The lowest BCUT2D eigenvalue weighted by atomic mass is 9.61. The molecule has 23 heavy (non-hydrogen) atoms. The maximum Gasteiger partial charge on any atom is 0.101 e. The van der Waals surface area contributed by atoms with Crippen LogP contribution in [0.25, 0.3) is 0 Å². The molecule has 0 amide bonds. The van der Waals surface area contributed by atoms with Gasteiger partial charge in [-0.15, -0.1) is 0 Å². The fraction of sp³-hybridized carbons (Fsp3) is 1.00. The Balaban J connectivity index is 1.39. The van der Waals surface area contributed by atoms with Crippen LogP contribution >= 0.6 is 0 Å². The number of likely N-dealkylation sites (tertiary alicyclic amines) is 2. The number of nitrogens with zero attached hydrogens (tertiary/aromatic N) is 2. The summed E-state index contributed by atoms with van der Waals surface area (Å²) in [7, 11) is 0. The SMILES string of the molecule is CC(C)(C)N1CCC(OCC(C)(C)N2CC3(CC(F)C3)C2)CC1. The topological polar surface area (TPSA) is 15.7 Å². The molecule has 3 nitrogen and oxygen atoms in total. The van der Waals surface area contributed by atoms with E-state index in [1.807, 2.05) is 0 Å². The molecule has 3 aliphatic rings. The zero-order chi connectivity index (χ0) is 16.9. The van der Waals surface area contributed by atoms with Crippen LogP contribution in [0.15, 0.2) is 0 Å². The summed E-state index contributed by atoms with van der Waals surface area (Å²) in [6, 6.07) is 0. The Morgan fingerprint density at radius 1 is 1.00 bits per heavy atom. The molecule has 1 spiro atoms. The lowest BCUT2D eigenvalue weighted by molar-refractivity contribution is -0.159. The molecule has 3 fully saturated rings. The molecule has 2 heterocycles. The van der Waals surface area contributed by atoms with E-state index in [2.05, 4.69) is 44.4 Å². The number of alkyl halides is 1. The highest BCUT2D eigenvalue weighted by molar-refractivity contribution is 5.08. The van der Waals surface area contributed by atoms with E-state index in [1.54, 1.807) is 0 Å². The van der Waals surface area contributed by atoms with Gasteiger partial charge in [0.05, 0.1) is 12.7 Å². The van der Waals surface area contributed by atoms with E-state index in [1.165, 1.54) is 0 Å². The second kappa shape index (κ2) is 5.96. The smallest absolute Gasteiger partial charge is 0.101 e. The minimum absolute atomic E-state index is 0.0772. The first-order valence-corrected chi connectivity index (χ1v) is 9.36. The zero-order valence-electron chi connectivity index (χ0n) is 15.7. The molecule has 0 aromatic rings. The molecule has 134 valence electrons. The Hall–Kier alpha value is -0.190. The lowest BCUT2D eigenvalue weighted by Gasteiger charge is -2.61. The van der Waals surface area contributed by atoms with Crippen molar-refractivity contribution < 1.29 is 9.13 Å². The van der Waals surface area contributed by atoms with Crippen molar-refractivity contribution in [2.45, 2.75) is 83.7 Å². The molecular formula is C19H35FN2O. The van der Waals surface area contributed by atoms with Gasteiger partial charge in [-0.2, -0.15) is 0 Å². The van der Waals surface area contributed by atoms with Crippen molar-refractivity contribution in [3.8, 4) is 0 Å². The summed E-state index contributed by atoms with van der Waals surface area (Å²) >= 11 is 0. The Morgan fingerprint density at radius 3 is 2.04 bits per heavy atom. The van der Waals surface area contributed by atoms with Crippen LogP contribution in [-0.4, -0.2) is 65.9 Å². The number of hydrogen-bond donors (Lipinski definition) is 0. The summed E-state index contributed by atoms with van der Waals surface area (Å²) in [5, 5.41) is 0. The Labute approximate surface area is 141 Å². The van der Waals surface area contributed by atoms with E-state index in [4.69, 9.17) is 4.74 Å². The second-order valence-corrected chi connectivity index (χ2v) is 9.84. The average Bonchev–Trinajstić information content (AvgIpc) is 2.38. The number of rotatable bonds is 4. The van der Waals surface area contributed by atoms with Gasteiger partial charge >= 0.3 is 0 Å². The van der Waals surface area contributed by atoms with Crippen LogP contribution in [0.1, 0.15) is 60.3 Å². The van der Waals surface area contributed by atoms with Crippen LogP contribution < -0.4 is 0 Å². The molecule has 0 N–H and O–H groups in total.